The van der Waals surface area contributed by atoms with Gasteiger partial charge in [-0.15, -0.1) is 0 Å². The summed E-state index contributed by atoms with van der Waals surface area (Å²) in [6.45, 7) is 5.33. The molecule has 2 heterocycles. The molecule has 0 aliphatic carbocycles. The van der Waals surface area contributed by atoms with E-state index in [0.717, 1.165) is 16.5 Å². The molecule has 210 valence electrons. The standard InChI is InChI=1S/C30H34N4O6/c1-6-24-25(29(36)37)32-28(39-24)22(16-19-17-33(4)23-15-11-10-14-21(19)23)31-27(35)26(18(2)3)40-30(38)34(5)20-12-8-7-9-13-20/h7-15,17-18,22,26H,6,16H2,1-5H3,(H,31,35)(H,36,37)/t22-,26+/m1/s1. The Kier molecular flexibility index (Phi) is 8.57. The van der Waals surface area contributed by atoms with E-state index in [1.807, 2.05) is 48.1 Å². The van der Waals surface area contributed by atoms with Gasteiger partial charge in [0.15, 0.2) is 11.8 Å². The summed E-state index contributed by atoms with van der Waals surface area (Å²) in [6, 6.07) is 16.0. The molecule has 0 spiro atoms. The topological polar surface area (TPSA) is 127 Å². The number of aromatic nitrogens is 2. The Morgan fingerprint density at radius 2 is 1.77 bits per heavy atom. The van der Waals surface area contributed by atoms with Crippen molar-refractivity contribution >= 4 is 34.6 Å². The Balaban J connectivity index is 1.64. The number of aryl methyl sites for hydroxylation is 2. The van der Waals surface area contributed by atoms with Crippen LogP contribution < -0.4 is 10.2 Å². The number of carbonyl (C=O) groups is 3. The average Bonchev–Trinajstić information content (AvgIpc) is 3.52. The number of oxazole rings is 1. The Hall–Kier alpha value is -4.60. The highest BCUT2D eigenvalue weighted by atomic mass is 16.6. The quantitative estimate of drug-likeness (QED) is 0.282. The molecule has 10 heteroatoms. The zero-order chi connectivity index (χ0) is 29.0. The van der Waals surface area contributed by atoms with Crippen LogP contribution in [0.3, 0.4) is 0 Å². The van der Waals surface area contributed by atoms with Crippen molar-refractivity contribution in [3.63, 3.8) is 0 Å². The van der Waals surface area contributed by atoms with E-state index in [1.54, 1.807) is 52.1 Å². The fourth-order valence-electron chi connectivity index (χ4n) is 4.62. The summed E-state index contributed by atoms with van der Waals surface area (Å²) in [7, 11) is 3.50. The Morgan fingerprint density at radius 1 is 1.10 bits per heavy atom. The van der Waals surface area contributed by atoms with E-state index in [1.165, 1.54) is 4.90 Å². The number of anilines is 1. The van der Waals surface area contributed by atoms with Gasteiger partial charge in [-0.05, 0) is 29.7 Å². The smallest absolute Gasteiger partial charge is 0.414 e. The number of benzene rings is 2. The third-order valence-corrected chi connectivity index (χ3v) is 6.76. The molecular weight excluding hydrogens is 512 g/mol. The SMILES string of the molecule is CCc1oc([C@@H](Cc2cn(C)c3ccccc23)NC(=O)[C@@H](OC(=O)N(C)c2ccccc2)C(C)C)nc1C(=O)O. The van der Waals surface area contributed by atoms with Gasteiger partial charge in [0.2, 0.25) is 5.89 Å². The summed E-state index contributed by atoms with van der Waals surface area (Å²) in [4.78, 5) is 43.9. The Morgan fingerprint density at radius 3 is 2.40 bits per heavy atom. The Bertz CT molecular complexity index is 1510. The molecule has 0 saturated heterocycles. The second-order valence-electron chi connectivity index (χ2n) is 9.97. The summed E-state index contributed by atoms with van der Waals surface area (Å²) >= 11 is 0. The number of rotatable bonds is 10. The van der Waals surface area contributed by atoms with Crippen LogP contribution >= 0.6 is 0 Å². The van der Waals surface area contributed by atoms with E-state index in [2.05, 4.69) is 10.3 Å². The number of carbonyl (C=O) groups excluding carboxylic acids is 2. The maximum absolute atomic E-state index is 13.6. The van der Waals surface area contributed by atoms with Gasteiger partial charge < -0.3 is 24.1 Å². The lowest BCUT2D eigenvalue weighted by molar-refractivity contribution is -0.132. The normalized spacial score (nSPS) is 12.8. The minimum absolute atomic E-state index is 0.0748. The van der Waals surface area contributed by atoms with E-state index in [9.17, 15) is 19.5 Å². The fraction of sp³-hybridized carbons (Fsp3) is 0.333. The van der Waals surface area contributed by atoms with Gasteiger partial charge in [-0.1, -0.05) is 57.2 Å². The molecule has 2 aromatic carbocycles. The summed E-state index contributed by atoms with van der Waals surface area (Å²) in [5.74, 6) is -1.80. The molecule has 0 aliphatic rings. The number of amides is 2. The second kappa shape index (κ2) is 12.1. The van der Waals surface area contributed by atoms with Crippen LogP contribution in [0.25, 0.3) is 10.9 Å². The van der Waals surface area contributed by atoms with Gasteiger partial charge in [-0.25, -0.2) is 14.6 Å². The van der Waals surface area contributed by atoms with Crippen molar-refractivity contribution in [2.24, 2.45) is 13.0 Å². The summed E-state index contributed by atoms with van der Waals surface area (Å²) in [5.41, 5.74) is 2.36. The summed E-state index contributed by atoms with van der Waals surface area (Å²) in [5, 5.41) is 13.6. The third kappa shape index (κ3) is 6.01. The summed E-state index contributed by atoms with van der Waals surface area (Å²) in [6.07, 6.45) is 0.761. The van der Waals surface area contributed by atoms with Crippen LogP contribution in [0.5, 0.6) is 0 Å². The molecule has 0 saturated carbocycles. The number of carboxylic acid groups (broad SMARTS) is 1. The molecule has 2 aromatic heterocycles. The van der Waals surface area contributed by atoms with Crippen molar-refractivity contribution in [3.8, 4) is 0 Å². The van der Waals surface area contributed by atoms with Crippen LogP contribution in [0, 0.1) is 5.92 Å². The van der Waals surface area contributed by atoms with Crippen molar-refractivity contribution in [2.75, 3.05) is 11.9 Å². The zero-order valence-electron chi connectivity index (χ0n) is 23.2. The van der Waals surface area contributed by atoms with Gasteiger partial charge >= 0.3 is 12.1 Å². The van der Waals surface area contributed by atoms with Crippen molar-refractivity contribution < 1.29 is 28.6 Å². The molecule has 0 bridgehead atoms. The van der Waals surface area contributed by atoms with Gasteiger partial charge in [0.1, 0.15) is 11.8 Å². The molecule has 0 aliphatic heterocycles. The first-order chi connectivity index (χ1) is 19.1. The molecule has 4 aromatic rings. The fourth-order valence-corrected chi connectivity index (χ4v) is 4.62. The van der Waals surface area contributed by atoms with Crippen LogP contribution in [0.4, 0.5) is 10.5 Å². The van der Waals surface area contributed by atoms with E-state index < -0.39 is 30.1 Å². The molecule has 2 N–H and O–H groups in total. The molecule has 2 atom stereocenters. The Labute approximate surface area is 232 Å². The highest BCUT2D eigenvalue weighted by Gasteiger charge is 2.33. The number of nitrogens with zero attached hydrogens (tertiary/aromatic N) is 3. The van der Waals surface area contributed by atoms with Gasteiger partial charge in [0, 0.05) is 49.7 Å². The number of nitrogens with one attached hydrogen (secondary N) is 1. The van der Waals surface area contributed by atoms with E-state index in [-0.39, 0.29) is 29.7 Å². The highest BCUT2D eigenvalue weighted by molar-refractivity contribution is 5.91. The maximum Gasteiger partial charge on any atom is 0.414 e. The number of carboxylic acids is 1. The number of fused-ring (bicyclic) bond motifs is 1. The number of ether oxygens (including phenoxy) is 1. The van der Waals surface area contributed by atoms with Gasteiger partial charge in [-0.2, -0.15) is 0 Å². The average molecular weight is 547 g/mol. The predicted molar refractivity (Wildman–Crippen MR) is 150 cm³/mol. The van der Waals surface area contributed by atoms with E-state index in [0.29, 0.717) is 12.1 Å². The van der Waals surface area contributed by atoms with Crippen LogP contribution in [-0.2, 0) is 29.4 Å². The minimum Gasteiger partial charge on any atom is -0.476 e. The molecule has 40 heavy (non-hydrogen) atoms. The van der Waals surface area contributed by atoms with Gasteiger partial charge in [0.05, 0.1) is 0 Å². The zero-order valence-corrected chi connectivity index (χ0v) is 23.2. The van der Waals surface area contributed by atoms with Crippen molar-refractivity contribution in [2.45, 2.75) is 45.8 Å². The minimum atomic E-state index is -1.21. The van der Waals surface area contributed by atoms with Gasteiger partial charge in [-0.3, -0.25) is 9.69 Å². The number of para-hydroxylation sites is 2. The van der Waals surface area contributed by atoms with Gasteiger partial charge in [0.25, 0.3) is 5.91 Å². The maximum atomic E-state index is 13.6. The number of aromatic carboxylic acids is 1. The lowest BCUT2D eigenvalue weighted by Gasteiger charge is -2.26. The third-order valence-electron chi connectivity index (χ3n) is 6.76. The summed E-state index contributed by atoms with van der Waals surface area (Å²) < 4.78 is 13.5. The molecule has 4 rings (SSSR count). The van der Waals surface area contributed by atoms with Crippen LogP contribution in [0.15, 0.2) is 65.2 Å². The van der Waals surface area contributed by atoms with E-state index >= 15 is 0 Å². The first-order valence-corrected chi connectivity index (χ1v) is 13.2. The first-order valence-electron chi connectivity index (χ1n) is 13.2. The molecular formula is C30H34N4O6. The number of hydrogen-bond acceptors (Lipinski definition) is 6. The van der Waals surface area contributed by atoms with Crippen molar-refractivity contribution in [1.29, 1.82) is 0 Å². The lowest BCUT2D eigenvalue weighted by Crippen LogP contribution is -2.45. The molecule has 10 nitrogen and oxygen atoms in total. The second-order valence-corrected chi connectivity index (χ2v) is 9.97. The van der Waals surface area contributed by atoms with Crippen LogP contribution in [0.2, 0.25) is 0 Å². The van der Waals surface area contributed by atoms with E-state index in [4.69, 9.17) is 9.15 Å². The van der Waals surface area contributed by atoms with Crippen LogP contribution in [0.1, 0.15) is 54.5 Å². The monoisotopic (exact) mass is 546 g/mol. The highest BCUT2D eigenvalue weighted by Crippen LogP contribution is 2.28. The molecule has 0 unspecified atom stereocenters. The first kappa shape index (κ1) is 28.4. The number of hydrogen-bond donors (Lipinski definition) is 2. The van der Waals surface area contributed by atoms with Crippen LogP contribution in [-0.4, -0.2) is 45.8 Å². The van der Waals surface area contributed by atoms with Crippen molar-refractivity contribution in [1.82, 2.24) is 14.9 Å². The largest absolute Gasteiger partial charge is 0.476 e. The lowest BCUT2D eigenvalue weighted by atomic mass is 10.0. The molecule has 2 amide bonds. The predicted octanol–water partition coefficient (Wildman–Crippen LogP) is 5.12. The molecule has 0 fully saturated rings. The van der Waals surface area contributed by atoms with Crippen molar-refractivity contribution in [3.05, 3.63) is 83.7 Å². The molecule has 0 radical (unpaired) electrons.